The van der Waals surface area contributed by atoms with Gasteiger partial charge in [-0.1, -0.05) is 11.6 Å². The van der Waals surface area contributed by atoms with Crippen LogP contribution in [0.1, 0.15) is 23.2 Å². The number of non-ortho nitro benzene ring substituents is 1. The summed E-state index contributed by atoms with van der Waals surface area (Å²) in [6, 6.07) is 3.88. The molecule has 21 heavy (non-hydrogen) atoms. The third kappa shape index (κ3) is 4.15. The Bertz CT molecular complexity index is 542. The molecular formula is C14H18ClN3O3. The van der Waals surface area contributed by atoms with Gasteiger partial charge in [0.15, 0.2) is 0 Å². The molecule has 1 aromatic rings. The van der Waals surface area contributed by atoms with Gasteiger partial charge in [0.25, 0.3) is 11.6 Å². The van der Waals surface area contributed by atoms with Crippen molar-refractivity contribution in [2.75, 3.05) is 26.7 Å². The molecule has 1 fully saturated rings. The van der Waals surface area contributed by atoms with Crippen LogP contribution in [0, 0.1) is 16.0 Å². The normalized spacial score (nSPS) is 16.7. The second-order valence-corrected chi connectivity index (χ2v) is 5.79. The average Bonchev–Trinajstić information content (AvgIpc) is 2.46. The lowest BCUT2D eigenvalue weighted by atomic mass is 9.97. The fourth-order valence-corrected chi connectivity index (χ4v) is 2.60. The van der Waals surface area contributed by atoms with E-state index in [0.717, 1.165) is 25.9 Å². The van der Waals surface area contributed by atoms with Crippen molar-refractivity contribution < 1.29 is 9.72 Å². The molecule has 2 rings (SSSR count). The molecule has 0 bridgehead atoms. The number of nitro groups is 1. The molecule has 1 aromatic carbocycles. The van der Waals surface area contributed by atoms with Crippen LogP contribution in [0.4, 0.5) is 5.69 Å². The molecule has 1 heterocycles. The molecular weight excluding hydrogens is 294 g/mol. The number of nitro benzene ring substituents is 1. The van der Waals surface area contributed by atoms with Crippen LogP contribution in [-0.4, -0.2) is 42.4 Å². The minimum Gasteiger partial charge on any atom is -0.352 e. The third-order valence-corrected chi connectivity index (χ3v) is 4.12. The molecule has 0 aliphatic carbocycles. The average molecular weight is 312 g/mol. The number of nitrogens with one attached hydrogen (secondary N) is 1. The number of halogens is 1. The molecule has 1 amide bonds. The van der Waals surface area contributed by atoms with Crippen LogP contribution in [-0.2, 0) is 0 Å². The summed E-state index contributed by atoms with van der Waals surface area (Å²) in [6.07, 6.45) is 2.08. The van der Waals surface area contributed by atoms with Crippen LogP contribution >= 0.6 is 11.6 Å². The number of likely N-dealkylation sites (tertiary alicyclic amines) is 1. The Hall–Kier alpha value is -1.66. The second kappa shape index (κ2) is 6.87. The lowest BCUT2D eigenvalue weighted by Gasteiger charge is -2.28. The molecule has 1 N–H and O–H groups in total. The van der Waals surface area contributed by atoms with Crippen molar-refractivity contribution >= 4 is 23.2 Å². The van der Waals surface area contributed by atoms with Gasteiger partial charge in [-0.25, -0.2) is 0 Å². The van der Waals surface area contributed by atoms with Gasteiger partial charge in [-0.2, -0.15) is 0 Å². The summed E-state index contributed by atoms with van der Waals surface area (Å²) >= 11 is 5.95. The van der Waals surface area contributed by atoms with Crippen molar-refractivity contribution in [1.29, 1.82) is 0 Å². The quantitative estimate of drug-likeness (QED) is 0.684. The Kier molecular flexibility index (Phi) is 5.14. The van der Waals surface area contributed by atoms with E-state index in [2.05, 4.69) is 17.3 Å². The van der Waals surface area contributed by atoms with Crippen molar-refractivity contribution in [3.8, 4) is 0 Å². The van der Waals surface area contributed by atoms with Gasteiger partial charge in [0.05, 0.1) is 15.5 Å². The lowest BCUT2D eigenvalue weighted by molar-refractivity contribution is -0.384. The summed E-state index contributed by atoms with van der Waals surface area (Å²) in [5.41, 5.74) is 0.0163. The maximum absolute atomic E-state index is 12.1. The molecule has 1 aliphatic heterocycles. The van der Waals surface area contributed by atoms with Crippen LogP contribution < -0.4 is 5.32 Å². The minimum absolute atomic E-state index is 0.135. The monoisotopic (exact) mass is 311 g/mol. The number of piperidine rings is 1. The highest BCUT2D eigenvalue weighted by Crippen LogP contribution is 2.22. The molecule has 1 aliphatic rings. The summed E-state index contributed by atoms with van der Waals surface area (Å²) in [4.78, 5) is 24.6. The molecule has 0 radical (unpaired) electrons. The summed E-state index contributed by atoms with van der Waals surface area (Å²) < 4.78 is 0. The molecule has 6 nitrogen and oxygen atoms in total. The van der Waals surface area contributed by atoms with Gasteiger partial charge in [0.1, 0.15) is 0 Å². The van der Waals surface area contributed by atoms with Crippen LogP contribution in [0.25, 0.3) is 0 Å². The Labute approximate surface area is 128 Å². The van der Waals surface area contributed by atoms with Crippen molar-refractivity contribution in [3.05, 3.63) is 38.9 Å². The number of rotatable bonds is 4. The fraction of sp³-hybridized carbons (Fsp3) is 0.500. The number of carbonyl (C=O) groups excluding carboxylic acids is 1. The number of nitrogens with zero attached hydrogens (tertiary/aromatic N) is 2. The van der Waals surface area contributed by atoms with Gasteiger partial charge < -0.3 is 10.2 Å². The van der Waals surface area contributed by atoms with E-state index >= 15 is 0 Å². The SMILES string of the molecule is CN1CCC(CNC(=O)c2cc([N+](=O)[O-])ccc2Cl)CC1. The van der Waals surface area contributed by atoms with Gasteiger partial charge in [-0.15, -0.1) is 0 Å². The summed E-state index contributed by atoms with van der Waals surface area (Å²) in [5.74, 6) is 0.0882. The summed E-state index contributed by atoms with van der Waals surface area (Å²) in [7, 11) is 2.08. The van der Waals surface area contributed by atoms with Crippen LogP contribution in [0.15, 0.2) is 18.2 Å². The zero-order valence-corrected chi connectivity index (χ0v) is 12.6. The number of benzene rings is 1. The molecule has 114 valence electrons. The van der Waals surface area contributed by atoms with Crippen LogP contribution in [0.5, 0.6) is 0 Å². The van der Waals surface area contributed by atoms with E-state index in [4.69, 9.17) is 11.6 Å². The number of amides is 1. The third-order valence-electron chi connectivity index (χ3n) is 3.79. The van der Waals surface area contributed by atoms with E-state index < -0.39 is 4.92 Å². The van der Waals surface area contributed by atoms with Crippen molar-refractivity contribution in [3.63, 3.8) is 0 Å². The highest BCUT2D eigenvalue weighted by molar-refractivity contribution is 6.33. The maximum atomic E-state index is 12.1. The fourth-order valence-electron chi connectivity index (χ4n) is 2.40. The van der Waals surface area contributed by atoms with E-state index in [-0.39, 0.29) is 22.2 Å². The zero-order valence-electron chi connectivity index (χ0n) is 11.8. The lowest BCUT2D eigenvalue weighted by Crippen LogP contribution is -2.36. The molecule has 0 saturated carbocycles. The number of hydrogen-bond acceptors (Lipinski definition) is 4. The smallest absolute Gasteiger partial charge is 0.270 e. The Morgan fingerprint density at radius 2 is 2.14 bits per heavy atom. The summed E-state index contributed by atoms with van der Waals surface area (Å²) in [6.45, 7) is 2.63. The van der Waals surface area contributed by atoms with Crippen molar-refractivity contribution in [1.82, 2.24) is 10.2 Å². The highest BCUT2D eigenvalue weighted by Gasteiger charge is 2.19. The summed E-state index contributed by atoms with van der Waals surface area (Å²) in [5, 5.41) is 13.8. The van der Waals surface area contributed by atoms with Crippen LogP contribution in [0.2, 0.25) is 5.02 Å². The highest BCUT2D eigenvalue weighted by atomic mass is 35.5. The first-order valence-electron chi connectivity index (χ1n) is 6.88. The van der Waals surface area contributed by atoms with Crippen molar-refractivity contribution in [2.24, 2.45) is 5.92 Å². The first kappa shape index (κ1) is 15.7. The molecule has 1 saturated heterocycles. The van der Waals surface area contributed by atoms with E-state index in [1.165, 1.54) is 18.2 Å². The van der Waals surface area contributed by atoms with Crippen LogP contribution in [0.3, 0.4) is 0 Å². The minimum atomic E-state index is -0.538. The molecule has 0 spiro atoms. The molecule has 7 heteroatoms. The Balaban J connectivity index is 1.97. The molecule has 0 aromatic heterocycles. The zero-order chi connectivity index (χ0) is 15.4. The Morgan fingerprint density at radius 1 is 1.48 bits per heavy atom. The largest absolute Gasteiger partial charge is 0.352 e. The number of hydrogen-bond donors (Lipinski definition) is 1. The predicted molar refractivity (Wildman–Crippen MR) is 80.7 cm³/mol. The van der Waals surface area contributed by atoms with E-state index in [0.29, 0.717) is 12.5 Å². The maximum Gasteiger partial charge on any atom is 0.270 e. The second-order valence-electron chi connectivity index (χ2n) is 5.38. The Morgan fingerprint density at radius 3 is 2.76 bits per heavy atom. The standard InChI is InChI=1S/C14H18ClN3O3/c1-17-6-4-10(5-7-17)9-16-14(19)12-8-11(18(20)21)2-3-13(12)15/h2-3,8,10H,4-7,9H2,1H3,(H,16,19). The first-order chi connectivity index (χ1) is 9.97. The molecule has 0 unspecified atom stereocenters. The number of carbonyl (C=O) groups is 1. The van der Waals surface area contributed by atoms with Gasteiger partial charge in [0, 0.05) is 18.7 Å². The molecule has 0 atom stereocenters. The van der Waals surface area contributed by atoms with Gasteiger partial charge in [-0.3, -0.25) is 14.9 Å². The van der Waals surface area contributed by atoms with E-state index in [1.807, 2.05) is 0 Å². The predicted octanol–water partition coefficient (Wildman–Crippen LogP) is 2.32. The first-order valence-corrected chi connectivity index (χ1v) is 7.26. The van der Waals surface area contributed by atoms with Crippen molar-refractivity contribution in [2.45, 2.75) is 12.8 Å². The topological polar surface area (TPSA) is 75.5 Å². The van der Waals surface area contributed by atoms with Gasteiger partial charge in [0.2, 0.25) is 0 Å². The van der Waals surface area contributed by atoms with E-state index in [1.54, 1.807) is 0 Å². The van der Waals surface area contributed by atoms with Gasteiger partial charge in [-0.05, 0) is 45.0 Å². The van der Waals surface area contributed by atoms with E-state index in [9.17, 15) is 14.9 Å². The van der Waals surface area contributed by atoms with Gasteiger partial charge >= 0.3 is 0 Å².